The van der Waals surface area contributed by atoms with Crippen LogP contribution in [0.2, 0.25) is 0 Å². The molecule has 0 fully saturated rings. The van der Waals surface area contributed by atoms with Gasteiger partial charge in [0.1, 0.15) is 12.1 Å². The van der Waals surface area contributed by atoms with Gasteiger partial charge >= 0.3 is 0 Å². The van der Waals surface area contributed by atoms with E-state index in [1.165, 1.54) is 11.9 Å². The number of aryl methyl sites for hydroxylation is 1. The molecule has 1 aromatic carbocycles. The lowest BCUT2D eigenvalue weighted by Crippen LogP contribution is -2.21. The highest BCUT2D eigenvalue weighted by atomic mass is 16.5. The number of aromatic nitrogens is 3. The second-order valence-electron chi connectivity index (χ2n) is 4.54. The zero-order valence-electron chi connectivity index (χ0n) is 10.6. The van der Waals surface area contributed by atoms with Gasteiger partial charge in [0, 0.05) is 12.0 Å². The van der Waals surface area contributed by atoms with Crippen molar-refractivity contribution in [1.29, 1.82) is 0 Å². The zero-order valence-corrected chi connectivity index (χ0v) is 10.6. The van der Waals surface area contributed by atoms with E-state index in [4.69, 9.17) is 10.5 Å². The molecule has 0 saturated carbocycles. The first-order valence-corrected chi connectivity index (χ1v) is 6.17. The van der Waals surface area contributed by atoms with Crippen LogP contribution in [0.1, 0.15) is 23.6 Å². The normalized spacial score (nSPS) is 17.4. The summed E-state index contributed by atoms with van der Waals surface area (Å²) in [6.45, 7) is 2.74. The van der Waals surface area contributed by atoms with Crippen LogP contribution >= 0.6 is 0 Å². The number of rotatable bonds is 2. The molecule has 1 atom stereocenters. The van der Waals surface area contributed by atoms with Gasteiger partial charge < -0.3 is 15.8 Å². The molecule has 98 valence electrons. The third-order valence-corrected chi connectivity index (χ3v) is 3.10. The first-order valence-electron chi connectivity index (χ1n) is 6.17. The van der Waals surface area contributed by atoms with Crippen molar-refractivity contribution in [3.8, 4) is 5.75 Å². The van der Waals surface area contributed by atoms with Crippen molar-refractivity contribution < 1.29 is 4.74 Å². The number of nitrogens with two attached hydrogens (primary N) is 1. The summed E-state index contributed by atoms with van der Waals surface area (Å²) in [5.41, 5.74) is 7.89. The molecule has 0 unspecified atom stereocenters. The molecule has 0 radical (unpaired) electrons. The summed E-state index contributed by atoms with van der Waals surface area (Å²) in [7, 11) is 0. The summed E-state index contributed by atoms with van der Waals surface area (Å²) in [5, 5.41) is 3.28. The molecule has 3 N–H and O–H groups in total. The van der Waals surface area contributed by atoms with Gasteiger partial charge in [0.15, 0.2) is 0 Å². The van der Waals surface area contributed by atoms with Gasteiger partial charge in [0.25, 0.3) is 0 Å². The Morgan fingerprint density at radius 2 is 2.26 bits per heavy atom. The van der Waals surface area contributed by atoms with Gasteiger partial charge in [-0.3, -0.25) is 0 Å². The summed E-state index contributed by atoms with van der Waals surface area (Å²) >= 11 is 0. The molecule has 3 rings (SSSR count). The number of nitrogens with one attached hydrogen (secondary N) is 1. The highest BCUT2D eigenvalue weighted by Crippen LogP contribution is 2.34. The monoisotopic (exact) mass is 257 g/mol. The Balaban J connectivity index is 1.89. The molecule has 0 aliphatic carbocycles. The molecule has 6 heteroatoms. The highest BCUT2D eigenvalue weighted by Gasteiger charge is 2.22. The molecular weight excluding hydrogens is 242 g/mol. The second-order valence-corrected chi connectivity index (χ2v) is 4.54. The maximum absolute atomic E-state index is 5.65. The third kappa shape index (κ3) is 2.42. The van der Waals surface area contributed by atoms with Crippen LogP contribution < -0.4 is 15.8 Å². The minimum absolute atomic E-state index is 0.130. The molecule has 0 bridgehead atoms. The standard InChI is InChI=1S/C13H15N5O/c1-8-2-3-11-9(6-8)10(4-5-19-11)17-13-16-7-15-12(14)18-13/h2-3,6-7,10H,4-5H2,1H3,(H3,14,15,16,17,18)/t10-/m1/s1. The summed E-state index contributed by atoms with van der Waals surface area (Å²) in [4.78, 5) is 11.9. The van der Waals surface area contributed by atoms with Gasteiger partial charge in [-0.1, -0.05) is 17.7 Å². The van der Waals surface area contributed by atoms with Gasteiger partial charge in [-0.2, -0.15) is 4.98 Å². The molecule has 0 spiro atoms. The topological polar surface area (TPSA) is 86.0 Å². The van der Waals surface area contributed by atoms with E-state index in [0.29, 0.717) is 12.6 Å². The summed E-state index contributed by atoms with van der Waals surface area (Å²) in [6, 6.07) is 6.30. The molecule has 1 aliphatic heterocycles. The van der Waals surface area contributed by atoms with E-state index in [-0.39, 0.29) is 12.0 Å². The highest BCUT2D eigenvalue weighted by molar-refractivity contribution is 5.44. The van der Waals surface area contributed by atoms with E-state index in [1.54, 1.807) is 0 Å². The van der Waals surface area contributed by atoms with Crippen molar-refractivity contribution in [1.82, 2.24) is 15.0 Å². The van der Waals surface area contributed by atoms with Crippen molar-refractivity contribution in [3.05, 3.63) is 35.7 Å². The lowest BCUT2D eigenvalue weighted by molar-refractivity contribution is 0.274. The number of nitrogen functional groups attached to an aromatic ring is 1. The third-order valence-electron chi connectivity index (χ3n) is 3.10. The number of fused-ring (bicyclic) bond motifs is 1. The van der Waals surface area contributed by atoms with E-state index in [9.17, 15) is 0 Å². The van der Waals surface area contributed by atoms with E-state index in [1.807, 2.05) is 12.1 Å². The van der Waals surface area contributed by atoms with Crippen LogP contribution in [0.4, 0.5) is 11.9 Å². The number of hydrogen-bond acceptors (Lipinski definition) is 6. The van der Waals surface area contributed by atoms with Gasteiger partial charge in [-0.15, -0.1) is 0 Å². The minimum atomic E-state index is 0.130. The van der Waals surface area contributed by atoms with Crippen LogP contribution in [-0.2, 0) is 0 Å². The molecule has 6 nitrogen and oxygen atoms in total. The summed E-state index contributed by atoms with van der Waals surface area (Å²) in [6.07, 6.45) is 2.27. The lowest BCUT2D eigenvalue weighted by atomic mass is 9.99. The van der Waals surface area contributed by atoms with Gasteiger partial charge in [0.05, 0.1) is 12.6 Å². The van der Waals surface area contributed by atoms with E-state index < -0.39 is 0 Å². The van der Waals surface area contributed by atoms with Crippen molar-refractivity contribution in [3.63, 3.8) is 0 Å². The summed E-state index contributed by atoms with van der Waals surface area (Å²) in [5.74, 6) is 1.62. The first kappa shape index (κ1) is 11.7. The number of hydrogen-bond donors (Lipinski definition) is 2. The maximum atomic E-state index is 5.65. The lowest BCUT2D eigenvalue weighted by Gasteiger charge is -2.27. The number of benzene rings is 1. The minimum Gasteiger partial charge on any atom is -0.493 e. The van der Waals surface area contributed by atoms with Crippen LogP contribution in [0.15, 0.2) is 24.5 Å². The Morgan fingerprint density at radius 3 is 3.11 bits per heavy atom. The van der Waals surface area contributed by atoms with Crippen molar-refractivity contribution in [2.24, 2.45) is 0 Å². The van der Waals surface area contributed by atoms with Crippen LogP contribution in [-0.4, -0.2) is 21.6 Å². The van der Waals surface area contributed by atoms with E-state index in [2.05, 4.69) is 33.3 Å². The fourth-order valence-electron chi connectivity index (χ4n) is 2.20. The summed E-state index contributed by atoms with van der Waals surface area (Å²) < 4.78 is 5.65. The first-order chi connectivity index (χ1) is 9.22. The van der Waals surface area contributed by atoms with Gasteiger partial charge in [-0.05, 0) is 13.0 Å². The second kappa shape index (κ2) is 4.72. The molecule has 0 saturated heterocycles. The van der Waals surface area contributed by atoms with E-state index in [0.717, 1.165) is 17.7 Å². The van der Waals surface area contributed by atoms with Crippen LogP contribution in [0.5, 0.6) is 5.75 Å². The Hall–Kier alpha value is -2.37. The SMILES string of the molecule is Cc1ccc2c(c1)[C@H](Nc1ncnc(N)n1)CCO2. The number of nitrogens with zero attached hydrogens (tertiary/aromatic N) is 3. The Labute approximate surface area is 111 Å². The Kier molecular flexibility index (Phi) is 2.91. The molecule has 2 aromatic rings. The van der Waals surface area contributed by atoms with Crippen LogP contribution in [0, 0.1) is 6.92 Å². The fraction of sp³-hybridized carbons (Fsp3) is 0.308. The predicted octanol–water partition coefficient (Wildman–Crippen LogP) is 1.70. The fourth-order valence-corrected chi connectivity index (χ4v) is 2.20. The van der Waals surface area contributed by atoms with Crippen molar-refractivity contribution >= 4 is 11.9 Å². The van der Waals surface area contributed by atoms with Crippen molar-refractivity contribution in [2.45, 2.75) is 19.4 Å². The van der Waals surface area contributed by atoms with Gasteiger partial charge in [0.2, 0.25) is 11.9 Å². The molecule has 2 heterocycles. The van der Waals surface area contributed by atoms with Crippen LogP contribution in [0.25, 0.3) is 0 Å². The van der Waals surface area contributed by atoms with Crippen LogP contribution in [0.3, 0.4) is 0 Å². The predicted molar refractivity (Wildman–Crippen MR) is 71.9 cm³/mol. The van der Waals surface area contributed by atoms with Crippen molar-refractivity contribution in [2.75, 3.05) is 17.7 Å². The number of ether oxygens (including phenoxy) is 1. The molecule has 1 aromatic heterocycles. The Morgan fingerprint density at radius 1 is 1.37 bits per heavy atom. The number of anilines is 2. The van der Waals surface area contributed by atoms with E-state index >= 15 is 0 Å². The largest absolute Gasteiger partial charge is 0.493 e. The smallest absolute Gasteiger partial charge is 0.227 e. The molecule has 1 aliphatic rings. The average molecular weight is 257 g/mol. The quantitative estimate of drug-likeness (QED) is 0.851. The molecule has 0 amide bonds. The molecule has 19 heavy (non-hydrogen) atoms. The zero-order chi connectivity index (χ0) is 13.2. The molecular formula is C13H15N5O. The average Bonchev–Trinajstić information content (AvgIpc) is 2.39. The maximum Gasteiger partial charge on any atom is 0.227 e. The Bertz CT molecular complexity index is 601. The van der Waals surface area contributed by atoms with Gasteiger partial charge in [-0.25, -0.2) is 9.97 Å².